The summed E-state index contributed by atoms with van der Waals surface area (Å²) in [5, 5.41) is 10.8. The minimum Gasteiger partial charge on any atom is -0.545 e. The van der Waals surface area contributed by atoms with Crippen molar-refractivity contribution < 1.29 is 19.4 Å². The van der Waals surface area contributed by atoms with Crippen molar-refractivity contribution in [2.45, 2.75) is 64.4 Å². The van der Waals surface area contributed by atoms with Gasteiger partial charge in [-0.05, 0) is 65.0 Å². The smallest absolute Gasteiger partial charge is 0.338 e. The Morgan fingerprint density at radius 1 is 0.893 bits per heavy atom. The van der Waals surface area contributed by atoms with Crippen molar-refractivity contribution >= 4 is 11.9 Å². The molecule has 0 N–H and O–H groups in total. The number of hydrogen-bond acceptors (Lipinski definition) is 4. The van der Waals surface area contributed by atoms with Crippen molar-refractivity contribution in [2.75, 3.05) is 0 Å². The fourth-order valence-corrected chi connectivity index (χ4v) is 3.90. The summed E-state index contributed by atoms with van der Waals surface area (Å²) in [6.07, 6.45) is 1.87. The molecular weight excluding hydrogens is 352 g/mol. The molecular formula is C24H27O4-. The molecule has 1 aliphatic carbocycles. The molecule has 4 nitrogen and oxygen atoms in total. The zero-order valence-electron chi connectivity index (χ0n) is 17.2. The molecule has 0 aromatic heterocycles. The van der Waals surface area contributed by atoms with Crippen LogP contribution in [0.3, 0.4) is 0 Å². The summed E-state index contributed by atoms with van der Waals surface area (Å²) in [6.45, 7) is 10.9. The lowest BCUT2D eigenvalue weighted by Crippen LogP contribution is -2.34. The molecule has 0 aliphatic heterocycles. The number of aromatic carboxylic acids is 1. The molecule has 0 saturated carbocycles. The van der Waals surface area contributed by atoms with Gasteiger partial charge in [0, 0.05) is 0 Å². The standard InChI is InChI=1S/C24H28O4/c1-15(28-22(27)17-8-6-16(7-9-17)21(25)26)18-10-11-19-20(14-18)24(4,5)13-12-23(19,2)3/h6-11,14-15H,12-13H2,1-5H3,(H,25,26)/p-1. The number of carbonyl (C=O) groups excluding carboxylic acids is 2. The largest absolute Gasteiger partial charge is 0.545 e. The fourth-order valence-electron chi connectivity index (χ4n) is 3.90. The Morgan fingerprint density at radius 2 is 1.43 bits per heavy atom. The van der Waals surface area contributed by atoms with Gasteiger partial charge in [0.2, 0.25) is 0 Å². The van der Waals surface area contributed by atoms with Crippen molar-refractivity contribution in [3.05, 3.63) is 70.3 Å². The first-order chi connectivity index (χ1) is 13.0. The van der Waals surface area contributed by atoms with Crippen molar-refractivity contribution in [2.24, 2.45) is 0 Å². The number of ether oxygens (including phenoxy) is 1. The molecule has 0 amide bonds. The minimum atomic E-state index is -1.27. The highest BCUT2D eigenvalue weighted by Crippen LogP contribution is 2.46. The zero-order valence-corrected chi connectivity index (χ0v) is 17.2. The van der Waals surface area contributed by atoms with Gasteiger partial charge in [-0.25, -0.2) is 4.79 Å². The van der Waals surface area contributed by atoms with Crippen LogP contribution in [0.15, 0.2) is 42.5 Å². The van der Waals surface area contributed by atoms with E-state index in [1.54, 1.807) is 0 Å². The van der Waals surface area contributed by atoms with E-state index in [2.05, 4.69) is 39.8 Å². The van der Waals surface area contributed by atoms with E-state index in [1.165, 1.54) is 35.4 Å². The fraction of sp³-hybridized carbons (Fsp3) is 0.417. The molecule has 148 valence electrons. The predicted octanol–water partition coefficient (Wildman–Crippen LogP) is 4.32. The van der Waals surface area contributed by atoms with Crippen LogP contribution in [-0.4, -0.2) is 11.9 Å². The molecule has 0 radical (unpaired) electrons. The topological polar surface area (TPSA) is 66.4 Å². The maximum absolute atomic E-state index is 12.4. The summed E-state index contributed by atoms with van der Waals surface area (Å²) < 4.78 is 5.63. The highest BCUT2D eigenvalue weighted by molar-refractivity contribution is 5.92. The molecule has 4 heteroatoms. The van der Waals surface area contributed by atoms with Gasteiger partial charge in [0.15, 0.2) is 0 Å². The van der Waals surface area contributed by atoms with Gasteiger partial charge in [0.1, 0.15) is 6.10 Å². The first-order valence-electron chi connectivity index (χ1n) is 9.68. The molecule has 0 saturated heterocycles. The van der Waals surface area contributed by atoms with Gasteiger partial charge in [0.05, 0.1) is 11.5 Å². The van der Waals surface area contributed by atoms with E-state index >= 15 is 0 Å². The summed E-state index contributed by atoms with van der Waals surface area (Å²) in [7, 11) is 0. The van der Waals surface area contributed by atoms with Crippen LogP contribution < -0.4 is 5.11 Å². The quantitative estimate of drug-likeness (QED) is 0.742. The summed E-state index contributed by atoms with van der Waals surface area (Å²) in [5.41, 5.74) is 4.23. The Labute approximate surface area is 166 Å². The Bertz CT molecular complexity index is 907. The van der Waals surface area contributed by atoms with Gasteiger partial charge in [0.25, 0.3) is 0 Å². The molecule has 0 heterocycles. The van der Waals surface area contributed by atoms with Crippen molar-refractivity contribution in [3.8, 4) is 0 Å². The first-order valence-corrected chi connectivity index (χ1v) is 9.68. The molecule has 2 aromatic rings. The monoisotopic (exact) mass is 379 g/mol. The third kappa shape index (κ3) is 3.82. The molecule has 0 spiro atoms. The van der Waals surface area contributed by atoms with Crippen LogP contribution in [-0.2, 0) is 15.6 Å². The van der Waals surface area contributed by atoms with Gasteiger partial charge >= 0.3 is 5.97 Å². The average Bonchev–Trinajstić information content (AvgIpc) is 2.65. The molecule has 0 bridgehead atoms. The lowest BCUT2D eigenvalue weighted by Gasteiger charge is -2.42. The van der Waals surface area contributed by atoms with Crippen LogP contribution in [0.2, 0.25) is 0 Å². The van der Waals surface area contributed by atoms with Crippen LogP contribution in [0.1, 0.15) is 91.0 Å². The highest BCUT2D eigenvalue weighted by Gasteiger charge is 2.37. The Morgan fingerprint density at radius 3 is 2.00 bits per heavy atom. The van der Waals surface area contributed by atoms with Crippen LogP contribution in [0.25, 0.3) is 0 Å². The molecule has 2 aromatic carbocycles. The third-order valence-electron chi connectivity index (χ3n) is 5.99. The number of rotatable bonds is 4. The van der Waals surface area contributed by atoms with Gasteiger partial charge in [-0.15, -0.1) is 0 Å². The molecule has 1 atom stereocenters. The second kappa shape index (κ2) is 7.08. The molecule has 0 fully saturated rings. The number of hydrogen-bond donors (Lipinski definition) is 0. The SMILES string of the molecule is CC(OC(=O)c1ccc(C(=O)[O-])cc1)c1ccc2c(c1)C(C)(C)CCC2(C)C. The Kier molecular flexibility index (Phi) is 5.09. The lowest BCUT2D eigenvalue weighted by molar-refractivity contribution is -0.255. The average molecular weight is 379 g/mol. The number of esters is 1. The van der Waals surface area contributed by atoms with E-state index in [-0.39, 0.29) is 16.4 Å². The van der Waals surface area contributed by atoms with Crippen LogP contribution in [0.5, 0.6) is 0 Å². The number of carboxylic acids is 1. The van der Waals surface area contributed by atoms with Gasteiger partial charge in [-0.1, -0.05) is 58.0 Å². The highest BCUT2D eigenvalue weighted by atomic mass is 16.5. The third-order valence-corrected chi connectivity index (χ3v) is 5.99. The first kappa shape index (κ1) is 20.1. The summed E-state index contributed by atoms with van der Waals surface area (Å²) >= 11 is 0. The summed E-state index contributed by atoms with van der Waals surface area (Å²) in [6, 6.07) is 12.0. The van der Waals surface area contributed by atoms with Crippen molar-refractivity contribution in [3.63, 3.8) is 0 Å². The van der Waals surface area contributed by atoms with E-state index < -0.39 is 18.0 Å². The van der Waals surface area contributed by atoms with Crippen LogP contribution in [0, 0.1) is 0 Å². The lowest BCUT2D eigenvalue weighted by atomic mass is 9.63. The van der Waals surface area contributed by atoms with Crippen LogP contribution in [0.4, 0.5) is 0 Å². The Hall–Kier alpha value is -2.62. The van der Waals surface area contributed by atoms with E-state index in [4.69, 9.17) is 4.74 Å². The number of benzene rings is 2. The van der Waals surface area contributed by atoms with Gasteiger partial charge < -0.3 is 14.6 Å². The number of carboxylic acid groups (broad SMARTS) is 1. The number of carbonyl (C=O) groups is 2. The van der Waals surface area contributed by atoms with E-state index in [1.807, 2.05) is 13.0 Å². The second-order valence-corrected chi connectivity index (χ2v) is 8.99. The van der Waals surface area contributed by atoms with Gasteiger partial charge in [-0.2, -0.15) is 0 Å². The van der Waals surface area contributed by atoms with Crippen molar-refractivity contribution in [1.82, 2.24) is 0 Å². The second-order valence-electron chi connectivity index (χ2n) is 8.99. The Balaban J connectivity index is 1.82. The maximum Gasteiger partial charge on any atom is 0.338 e. The summed E-state index contributed by atoms with van der Waals surface area (Å²) in [4.78, 5) is 23.3. The van der Waals surface area contributed by atoms with Crippen molar-refractivity contribution in [1.29, 1.82) is 0 Å². The molecule has 3 rings (SSSR count). The predicted molar refractivity (Wildman–Crippen MR) is 106 cm³/mol. The zero-order chi connectivity index (χ0) is 20.7. The van der Waals surface area contributed by atoms with E-state index in [0.29, 0.717) is 5.56 Å². The van der Waals surface area contributed by atoms with E-state index in [9.17, 15) is 14.7 Å². The van der Waals surface area contributed by atoms with E-state index in [0.717, 1.165) is 18.4 Å². The minimum absolute atomic E-state index is 0.0316. The summed E-state index contributed by atoms with van der Waals surface area (Å²) in [5.74, 6) is -1.75. The molecule has 28 heavy (non-hydrogen) atoms. The number of fused-ring (bicyclic) bond motifs is 1. The maximum atomic E-state index is 12.4. The molecule has 1 aliphatic rings. The molecule has 1 unspecified atom stereocenters. The van der Waals surface area contributed by atoms with Crippen LogP contribution >= 0.6 is 0 Å². The van der Waals surface area contributed by atoms with Gasteiger partial charge in [-0.3, -0.25) is 0 Å². The normalized spacial score (nSPS) is 18.0.